The Bertz CT molecular complexity index is 824. The van der Waals surface area contributed by atoms with Gasteiger partial charge in [-0.05, 0) is 30.5 Å². The summed E-state index contributed by atoms with van der Waals surface area (Å²) in [7, 11) is 1.87. The van der Waals surface area contributed by atoms with Gasteiger partial charge in [-0.1, -0.05) is 12.1 Å². The molecule has 4 rings (SSSR count). The van der Waals surface area contributed by atoms with E-state index in [0.29, 0.717) is 12.6 Å². The summed E-state index contributed by atoms with van der Waals surface area (Å²) >= 11 is 0. The van der Waals surface area contributed by atoms with Gasteiger partial charge in [-0.3, -0.25) is 4.68 Å². The predicted molar refractivity (Wildman–Crippen MR) is 81.9 cm³/mol. The zero-order valence-corrected chi connectivity index (χ0v) is 12.3. The van der Waals surface area contributed by atoms with E-state index in [1.165, 1.54) is 6.07 Å². The molecule has 0 bridgehead atoms. The topological polar surface area (TPSA) is 46.8 Å². The average molecular weight is 297 g/mol. The van der Waals surface area contributed by atoms with Crippen LogP contribution >= 0.6 is 0 Å². The minimum Gasteiger partial charge on any atom is -0.349 e. The summed E-state index contributed by atoms with van der Waals surface area (Å²) in [5.41, 5.74) is 1.76. The molecule has 0 N–H and O–H groups in total. The highest BCUT2D eigenvalue weighted by Crippen LogP contribution is 2.35. The van der Waals surface area contributed by atoms with Gasteiger partial charge in [0.15, 0.2) is 5.65 Å². The van der Waals surface area contributed by atoms with Gasteiger partial charge in [0.1, 0.15) is 18.0 Å². The zero-order valence-electron chi connectivity index (χ0n) is 12.3. The van der Waals surface area contributed by atoms with Crippen LogP contribution in [0.2, 0.25) is 0 Å². The molecule has 1 fully saturated rings. The Morgan fingerprint density at radius 3 is 2.95 bits per heavy atom. The molecule has 0 amide bonds. The summed E-state index contributed by atoms with van der Waals surface area (Å²) < 4.78 is 15.2. The Hall–Kier alpha value is -2.50. The first-order valence-electron chi connectivity index (χ1n) is 7.36. The Balaban J connectivity index is 1.75. The third-order valence-corrected chi connectivity index (χ3v) is 4.01. The van der Waals surface area contributed by atoms with Crippen LogP contribution in [0.4, 0.5) is 10.2 Å². The summed E-state index contributed by atoms with van der Waals surface area (Å²) in [6, 6.07) is 7.20. The van der Waals surface area contributed by atoms with Crippen molar-refractivity contribution in [3.63, 3.8) is 0 Å². The lowest BCUT2D eigenvalue weighted by molar-refractivity contribution is 0.624. The number of benzene rings is 1. The van der Waals surface area contributed by atoms with Gasteiger partial charge in [0.05, 0.1) is 11.6 Å². The van der Waals surface area contributed by atoms with Crippen molar-refractivity contribution in [2.75, 3.05) is 4.90 Å². The summed E-state index contributed by atoms with van der Waals surface area (Å²) in [6.45, 7) is 0.642. The lowest BCUT2D eigenvalue weighted by Crippen LogP contribution is -2.26. The van der Waals surface area contributed by atoms with E-state index in [1.54, 1.807) is 29.3 Å². The smallest absolute Gasteiger partial charge is 0.163 e. The van der Waals surface area contributed by atoms with Gasteiger partial charge < -0.3 is 4.90 Å². The average Bonchev–Trinajstić information content (AvgIpc) is 3.29. The molecule has 2 aromatic heterocycles. The van der Waals surface area contributed by atoms with Crippen molar-refractivity contribution in [3.8, 4) is 0 Å². The number of aryl methyl sites for hydroxylation is 1. The number of anilines is 1. The summed E-state index contributed by atoms with van der Waals surface area (Å²) in [6.07, 6.45) is 5.65. The highest BCUT2D eigenvalue weighted by Gasteiger charge is 2.31. The van der Waals surface area contributed by atoms with Crippen molar-refractivity contribution in [1.82, 2.24) is 19.7 Å². The molecule has 1 aliphatic carbocycles. The first-order valence-corrected chi connectivity index (χ1v) is 7.36. The van der Waals surface area contributed by atoms with Crippen LogP contribution in [0.25, 0.3) is 11.0 Å². The Morgan fingerprint density at radius 1 is 1.32 bits per heavy atom. The molecule has 0 atom stereocenters. The standard InChI is InChI=1S/C16H16FN5/c1-21-15-14(8-20-21)16(19-10-18-15)22(13-5-6-13)9-11-3-2-4-12(17)7-11/h2-4,7-8,10,13H,5-6,9H2,1H3. The maximum absolute atomic E-state index is 13.4. The predicted octanol–water partition coefficient (Wildman–Crippen LogP) is 2.67. The molecular weight excluding hydrogens is 281 g/mol. The molecule has 1 saturated carbocycles. The van der Waals surface area contributed by atoms with Crippen molar-refractivity contribution >= 4 is 16.9 Å². The molecule has 0 aliphatic heterocycles. The highest BCUT2D eigenvalue weighted by atomic mass is 19.1. The number of hydrogen-bond acceptors (Lipinski definition) is 4. The van der Waals surface area contributed by atoms with E-state index in [9.17, 15) is 4.39 Å². The van der Waals surface area contributed by atoms with Crippen molar-refractivity contribution < 1.29 is 4.39 Å². The third-order valence-electron chi connectivity index (χ3n) is 4.01. The second kappa shape index (κ2) is 5.05. The van der Waals surface area contributed by atoms with Crippen LogP contribution in [0, 0.1) is 5.82 Å². The number of fused-ring (bicyclic) bond motifs is 1. The number of rotatable bonds is 4. The molecule has 112 valence electrons. The van der Waals surface area contributed by atoms with Gasteiger partial charge in [0.2, 0.25) is 0 Å². The van der Waals surface area contributed by atoms with Crippen LogP contribution in [-0.4, -0.2) is 25.8 Å². The maximum atomic E-state index is 13.4. The minimum absolute atomic E-state index is 0.206. The van der Waals surface area contributed by atoms with Crippen molar-refractivity contribution in [3.05, 3.63) is 48.2 Å². The molecule has 1 aliphatic rings. The van der Waals surface area contributed by atoms with E-state index in [2.05, 4.69) is 20.0 Å². The van der Waals surface area contributed by atoms with Crippen LogP contribution < -0.4 is 4.90 Å². The van der Waals surface area contributed by atoms with Gasteiger partial charge in [0, 0.05) is 19.6 Å². The van der Waals surface area contributed by atoms with Crippen LogP contribution in [0.1, 0.15) is 18.4 Å². The summed E-state index contributed by atoms with van der Waals surface area (Å²) in [5, 5.41) is 5.21. The number of hydrogen-bond donors (Lipinski definition) is 0. The molecule has 0 unspecified atom stereocenters. The van der Waals surface area contributed by atoms with Gasteiger partial charge in [0.25, 0.3) is 0 Å². The zero-order chi connectivity index (χ0) is 15.1. The van der Waals surface area contributed by atoms with Crippen LogP contribution in [-0.2, 0) is 13.6 Å². The second-order valence-electron chi connectivity index (χ2n) is 5.69. The van der Waals surface area contributed by atoms with Crippen LogP contribution in [0.15, 0.2) is 36.8 Å². The fourth-order valence-corrected chi connectivity index (χ4v) is 2.77. The van der Waals surface area contributed by atoms with Gasteiger partial charge in [-0.2, -0.15) is 5.10 Å². The molecule has 0 saturated heterocycles. The molecule has 6 heteroatoms. The fourth-order valence-electron chi connectivity index (χ4n) is 2.77. The first kappa shape index (κ1) is 13.2. The Kier molecular flexibility index (Phi) is 3.03. The van der Waals surface area contributed by atoms with E-state index >= 15 is 0 Å². The van der Waals surface area contributed by atoms with E-state index in [-0.39, 0.29) is 5.82 Å². The molecule has 3 aromatic rings. The van der Waals surface area contributed by atoms with Crippen LogP contribution in [0.5, 0.6) is 0 Å². The first-order chi connectivity index (χ1) is 10.7. The molecule has 0 radical (unpaired) electrons. The fraction of sp³-hybridized carbons (Fsp3) is 0.312. The van der Waals surface area contributed by atoms with Crippen molar-refractivity contribution in [2.45, 2.75) is 25.4 Å². The lowest BCUT2D eigenvalue weighted by atomic mass is 10.2. The Morgan fingerprint density at radius 2 is 2.18 bits per heavy atom. The van der Waals surface area contributed by atoms with Gasteiger partial charge >= 0.3 is 0 Å². The van der Waals surface area contributed by atoms with E-state index in [4.69, 9.17) is 0 Å². The molecule has 1 aromatic carbocycles. The second-order valence-corrected chi connectivity index (χ2v) is 5.69. The molecule has 0 spiro atoms. The van der Waals surface area contributed by atoms with Gasteiger partial charge in [-0.25, -0.2) is 14.4 Å². The van der Waals surface area contributed by atoms with E-state index in [0.717, 1.165) is 35.3 Å². The quantitative estimate of drug-likeness (QED) is 0.743. The summed E-state index contributed by atoms with van der Waals surface area (Å²) in [5.74, 6) is 0.673. The van der Waals surface area contributed by atoms with Crippen LogP contribution in [0.3, 0.4) is 0 Å². The van der Waals surface area contributed by atoms with E-state index in [1.807, 2.05) is 13.1 Å². The third kappa shape index (κ3) is 2.30. The molecule has 22 heavy (non-hydrogen) atoms. The number of aromatic nitrogens is 4. The molecule has 2 heterocycles. The Labute approximate surface area is 127 Å². The largest absolute Gasteiger partial charge is 0.349 e. The highest BCUT2D eigenvalue weighted by molar-refractivity contribution is 5.86. The molecular formula is C16H16FN5. The normalized spacial score (nSPS) is 14.5. The molecule has 5 nitrogen and oxygen atoms in total. The van der Waals surface area contributed by atoms with Crippen molar-refractivity contribution in [1.29, 1.82) is 0 Å². The SMILES string of the molecule is Cn1ncc2c(N(Cc3cccc(F)c3)C3CC3)ncnc21. The number of nitrogens with zero attached hydrogens (tertiary/aromatic N) is 5. The van der Waals surface area contributed by atoms with Gasteiger partial charge in [-0.15, -0.1) is 0 Å². The summed E-state index contributed by atoms with van der Waals surface area (Å²) in [4.78, 5) is 11.0. The van der Waals surface area contributed by atoms with E-state index < -0.39 is 0 Å². The monoisotopic (exact) mass is 297 g/mol. The van der Waals surface area contributed by atoms with Crippen molar-refractivity contribution in [2.24, 2.45) is 7.05 Å². The maximum Gasteiger partial charge on any atom is 0.163 e. The number of halogens is 1. The minimum atomic E-state index is -0.206. The lowest BCUT2D eigenvalue weighted by Gasteiger charge is -2.24.